The van der Waals surface area contributed by atoms with Gasteiger partial charge in [-0.05, 0) is 11.6 Å². The van der Waals surface area contributed by atoms with Gasteiger partial charge in [-0.1, -0.05) is 25.1 Å². The fourth-order valence-electron chi connectivity index (χ4n) is 1.49. The Hall–Kier alpha value is -0.960. The summed E-state index contributed by atoms with van der Waals surface area (Å²) >= 11 is 0. The van der Waals surface area contributed by atoms with Gasteiger partial charge in [-0.15, -0.1) is 0 Å². The molecule has 0 aliphatic carbocycles. The normalized spacial score (nSPS) is 12.5. The lowest BCUT2D eigenvalue weighted by atomic mass is 10.2. The fourth-order valence-corrected chi connectivity index (χ4v) is 3.60. The van der Waals surface area contributed by atoms with Crippen LogP contribution >= 0.6 is 0 Å². The molecule has 0 aromatic heterocycles. The van der Waals surface area contributed by atoms with Crippen LogP contribution in [0.3, 0.4) is 0 Å². The van der Waals surface area contributed by atoms with Crippen molar-refractivity contribution in [2.75, 3.05) is 18.1 Å². The third kappa shape index (κ3) is 4.57. The Morgan fingerprint density at radius 2 is 1.79 bits per heavy atom. The molecule has 0 atom stereocenters. The SMILES string of the molecule is CCS(=O)(=O)CCNS(=O)(=O)c1ccccc1CN. The van der Waals surface area contributed by atoms with Gasteiger partial charge in [0.25, 0.3) is 0 Å². The van der Waals surface area contributed by atoms with E-state index >= 15 is 0 Å². The van der Waals surface area contributed by atoms with E-state index in [4.69, 9.17) is 5.73 Å². The van der Waals surface area contributed by atoms with Gasteiger partial charge in [0.05, 0.1) is 10.6 Å². The summed E-state index contributed by atoms with van der Waals surface area (Å²) in [5, 5.41) is 0. The van der Waals surface area contributed by atoms with Crippen molar-refractivity contribution in [3.63, 3.8) is 0 Å². The van der Waals surface area contributed by atoms with Crippen LogP contribution in [0.2, 0.25) is 0 Å². The Balaban J connectivity index is 2.82. The van der Waals surface area contributed by atoms with Crippen molar-refractivity contribution < 1.29 is 16.8 Å². The molecule has 8 heteroatoms. The van der Waals surface area contributed by atoms with E-state index < -0.39 is 19.9 Å². The van der Waals surface area contributed by atoms with E-state index in [2.05, 4.69) is 4.72 Å². The van der Waals surface area contributed by atoms with Gasteiger partial charge in [0.2, 0.25) is 10.0 Å². The highest BCUT2D eigenvalue weighted by Crippen LogP contribution is 2.14. The fraction of sp³-hybridized carbons (Fsp3) is 0.455. The van der Waals surface area contributed by atoms with Gasteiger partial charge >= 0.3 is 0 Å². The van der Waals surface area contributed by atoms with Gasteiger partial charge < -0.3 is 5.73 Å². The second-order valence-electron chi connectivity index (χ2n) is 3.95. The molecule has 0 spiro atoms. The second kappa shape index (κ2) is 6.47. The molecule has 1 aromatic rings. The Kier molecular flexibility index (Phi) is 5.48. The first-order chi connectivity index (χ1) is 8.82. The molecule has 0 radical (unpaired) electrons. The molecule has 0 aliphatic heterocycles. The minimum absolute atomic E-state index is 0.00584. The zero-order valence-corrected chi connectivity index (χ0v) is 12.3. The van der Waals surface area contributed by atoms with E-state index in [-0.39, 0.29) is 29.5 Å². The van der Waals surface area contributed by atoms with Crippen LogP contribution in [0.25, 0.3) is 0 Å². The number of sulfone groups is 1. The summed E-state index contributed by atoms with van der Waals surface area (Å²) in [6.07, 6.45) is 0. The predicted molar refractivity (Wildman–Crippen MR) is 73.8 cm³/mol. The zero-order chi connectivity index (χ0) is 14.5. The van der Waals surface area contributed by atoms with Crippen LogP contribution in [-0.2, 0) is 26.4 Å². The molecule has 6 nitrogen and oxygen atoms in total. The molecule has 3 N–H and O–H groups in total. The Bertz CT molecular complexity index is 624. The van der Waals surface area contributed by atoms with E-state index in [1.54, 1.807) is 18.2 Å². The highest BCUT2D eigenvalue weighted by Gasteiger charge is 2.18. The molecule has 0 saturated carbocycles. The van der Waals surface area contributed by atoms with E-state index in [9.17, 15) is 16.8 Å². The van der Waals surface area contributed by atoms with E-state index in [0.717, 1.165) is 0 Å². The Morgan fingerprint density at radius 3 is 2.37 bits per heavy atom. The van der Waals surface area contributed by atoms with Gasteiger partial charge in [0.15, 0.2) is 9.84 Å². The van der Waals surface area contributed by atoms with Crippen molar-refractivity contribution in [2.24, 2.45) is 5.73 Å². The van der Waals surface area contributed by atoms with E-state index in [1.807, 2.05) is 0 Å². The highest BCUT2D eigenvalue weighted by molar-refractivity contribution is 7.91. The average molecular weight is 306 g/mol. The minimum atomic E-state index is -3.73. The number of sulfonamides is 1. The number of nitrogens with two attached hydrogens (primary N) is 1. The van der Waals surface area contributed by atoms with Gasteiger partial charge in [-0.25, -0.2) is 21.6 Å². The molecule has 0 fully saturated rings. The average Bonchev–Trinajstić information content (AvgIpc) is 2.38. The maximum atomic E-state index is 12.0. The monoisotopic (exact) mass is 306 g/mol. The molecule has 108 valence electrons. The van der Waals surface area contributed by atoms with Crippen LogP contribution in [0, 0.1) is 0 Å². The molecular weight excluding hydrogens is 288 g/mol. The number of benzene rings is 1. The van der Waals surface area contributed by atoms with E-state index in [1.165, 1.54) is 13.0 Å². The van der Waals surface area contributed by atoms with Gasteiger partial charge in [-0.2, -0.15) is 0 Å². The van der Waals surface area contributed by atoms with Crippen molar-refractivity contribution >= 4 is 19.9 Å². The summed E-state index contributed by atoms with van der Waals surface area (Å²) in [5.74, 6) is -0.221. The van der Waals surface area contributed by atoms with Gasteiger partial charge in [0, 0.05) is 18.8 Å². The van der Waals surface area contributed by atoms with Crippen molar-refractivity contribution in [3.8, 4) is 0 Å². The highest BCUT2D eigenvalue weighted by atomic mass is 32.2. The number of hydrogen-bond donors (Lipinski definition) is 2. The van der Waals surface area contributed by atoms with Crippen molar-refractivity contribution in [2.45, 2.75) is 18.4 Å². The van der Waals surface area contributed by atoms with Crippen molar-refractivity contribution in [1.82, 2.24) is 4.72 Å². The second-order valence-corrected chi connectivity index (χ2v) is 8.15. The summed E-state index contributed by atoms with van der Waals surface area (Å²) < 4.78 is 48.9. The number of nitrogens with one attached hydrogen (secondary N) is 1. The summed E-state index contributed by atoms with van der Waals surface area (Å²) in [7, 11) is -6.92. The molecule has 0 heterocycles. The van der Waals surface area contributed by atoms with Crippen molar-refractivity contribution in [1.29, 1.82) is 0 Å². The summed E-state index contributed by atoms with van der Waals surface area (Å²) in [5.41, 5.74) is 5.97. The Labute approximate surface area is 114 Å². The van der Waals surface area contributed by atoms with Gasteiger partial charge in [-0.3, -0.25) is 0 Å². The molecule has 0 saturated heterocycles. The summed E-state index contributed by atoms with van der Waals surface area (Å²) in [4.78, 5) is 0.0893. The molecule has 1 rings (SSSR count). The minimum Gasteiger partial charge on any atom is -0.326 e. The van der Waals surface area contributed by atoms with Gasteiger partial charge in [0.1, 0.15) is 0 Å². The van der Waals surface area contributed by atoms with E-state index in [0.29, 0.717) is 5.56 Å². The third-order valence-corrected chi connectivity index (χ3v) is 5.89. The quantitative estimate of drug-likeness (QED) is 0.729. The van der Waals surface area contributed by atoms with Crippen LogP contribution in [0.4, 0.5) is 0 Å². The van der Waals surface area contributed by atoms with Crippen LogP contribution in [0.15, 0.2) is 29.2 Å². The number of hydrogen-bond acceptors (Lipinski definition) is 5. The lowest BCUT2D eigenvalue weighted by Crippen LogP contribution is -2.30. The maximum Gasteiger partial charge on any atom is 0.240 e. The lowest BCUT2D eigenvalue weighted by molar-refractivity contribution is 0.580. The largest absolute Gasteiger partial charge is 0.326 e. The molecule has 0 amide bonds. The predicted octanol–water partition coefficient (Wildman–Crippen LogP) is -0.142. The van der Waals surface area contributed by atoms with Crippen LogP contribution in [0.1, 0.15) is 12.5 Å². The molecule has 1 aromatic carbocycles. The van der Waals surface area contributed by atoms with Crippen LogP contribution < -0.4 is 10.5 Å². The Morgan fingerprint density at radius 1 is 1.16 bits per heavy atom. The maximum absolute atomic E-state index is 12.0. The van der Waals surface area contributed by atoms with Crippen LogP contribution in [0.5, 0.6) is 0 Å². The summed E-state index contributed by atoms with van der Waals surface area (Å²) in [6.45, 7) is 1.48. The number of rotatable bonds is 7. The first-order valence-electron chi connectivity index (χ1n) is 5.80. The summed E-state index contributed by atoms with van der Waals surface area (Å²) in [6, 6.07) is 6.36. The molecule has 0 aliphatic rings. The first-order valence-corrected chi connectivity index (χ1v) is 9.11. The molecule has 19 heavy (non-hydrogen) atoms. The lowest BCUT2D eigenvalue weighted by Gasteiger charge is -2.10. The third-order valence-electron chi connectivity index (χ3n) is 2.63. The topological polar surface area (TPSA) is 106 Å². The zero-order valence-electron chi connectivity index (χ0n) is 10.7. The van der Waals surface area contributed by atoms with Crippen molar-refractivity contribution in [3.05, 3.63) is 29.8 Å². The molecule has 0 unspecified atom stereocenters. The molecule has 0 bridgehead atoms. The molecular formula is C11H18N2O4S2. The smallest absolute Gasteiger partial charge is 0.240 e. The standard InChI is InChI=1S/C11H18N2O4S2/c1-2-18(14,15)8-7-13-19(16,17)11-6-4-3-5-10(11)9-12/h3-6,13H,2,7-9,12H2,1H3. The van der Waals surface area contributed by atoms with Crippen LogP contribution in [-0.4, -0.2) is 34.9 Å². The first kappa shape index (κ1) is 16.1.